The van der Waals surface area contributed by atoms with E-state index in [4.69, 9.17) is 5.73 Å². The Morgan fingerprint density at radius 1 is 0.409 bits per heavy atom. The molecule has 0 fully saturated rings. The second-order valence-electron chi connectivity index (χ2n) is 9.41. The third-order valence-electron chi connectivity index (χ3n) is 7.08. The lowest BCUT2D eigenvalue weighted by molar-refractivity contribution is 0.726. The standard InChI is InChI=1S/C19H45NSi2/c1-13(2)21(14(3)4,15(5)6)19(20)22(16(7)8,17(9)10)18(11)12/h13-19H,20H2,1-12H3. The van der Waals surface area contributed by atoms with Crippen molar-refractivity contribution >= 4 is 16.1 Å². The summed E-state index contributed by atoms with van der Waals surface area (Å²) in [6.07, 6.45) is 0. The van der Waals surface area contributed by atoms with Crippen molar-refractivity contribution in [2.45, 2.75) is 122 Å². The highest BCUT2D eigenvalue weighted by atomic mass is 28.4. The van der Waals surface area contributed by atoms with E-state index in [1.165, 1.54) is 0 Å². The van der Waals surface area contributed by atoms with Crippen LogP contribution >= 0.6 is 0 Å². The molecule has 0 spiro atoms. The zero-order chi connectivity index (χ0) is 18.0. The highest BCUT2D eigenvalue weighted by molar-refractivity contribution is 7.02. The van der Waals surface area contributed by atoms with Gasteiger partial charge in [-0.3, -0.25) is 0 Å². The number of rotatable bonds is 8. The van der Waals surface area contributed by atoms with Crippen LogP contribution in [-0.4, -0.2) is 21.4 Å². The molecule has 0 radical (unpaired) electrons. The zero-order valence-corrected chi connectivity index (χ0v) is 19.6. The van der Waals surface area contributed by atoms with Gasteiger partial charge in [0.2, 0.25) is 0 Å². The molecule has 0 aliphatic rings. The lowest BCUT2D eigenvalue weighted by Gasteiger charge is -2.58. The first-order valence-electron chi connectivity index (χ1n) is 9.57. The maximum Gasteiger partial charge on any atom is 0.0763 e. The quantitative estimate of drug-likeness (QED) is 0.485. The van der Waals surface area contributed by atoms with Gasteiger partial charge in [-0.25, -0.2) is 0 Å². The first-order valence-corrected chi connectivity index (χ1v) is 14.2. The molecule has 1 nitrogen and oxygen atoms in total. The van der Waals surface area contributed by atoms with Crippen LogP contribution in [0, 0.1) is 0 Å². The highest BCUT2D eigenvalue weighted by Gasteiger charge is 2.59. The predicted molar refractivity (Wildman–Crippen MR) is 110 cm³/mol. The third-order valence-corrected chi connectivity index (χ3v) is 24.2. The van der Waals surface area contributed by atoms with Crippen LogP contribution in [0.25, 0.3) is 0 Å². The zero-order valence-electron chi connectivity index (χ0n) is 17.6. The van der Waals surface area contributed by atoms with E-state index in [1.807, 2.05) is 0 Å². The minimum absolute atomic E-state index is 0.486. The Labute approximate surface area is 143 Å². The molecule has 0 saturated heterocycles. The summed E-state index contributed by atoms with van der Waals surface area (Å²) in [6.45, 7) is 29.6. The second kappa shape index (κ2) is 7.98. The summed E-state index contributed by atoms with van der Waals surface area (Å²) in [7, 11) is -3.23. The van der Waals surface area contributed by atoms with E-state index < -0.39 is 16.1 Å². The average molecular weight is 344 g/mol. The van der Waals surface area contributed by atoms with E-state index in [0.29, 0.717) is 5.29 Å². The fourth-order valence-electron chi connectivity index (χ4n) is 6.59. The molecular formula is C19H45NSi2. The van der Waals surface area contributed by atoms with Crippen LogP contribution in [0.2, 0.25) is 33.2 Å². The van der Waals surface area contributed by atoms with E-state index in [2.05, 4.69) is 83.1 Å². The molecule has 0 saturated carbocycles. The van der Waals surface area contributed by atoms with Crippen LogP contribution < -0.4 is 5.73 Å². The highest BCUT2D eigenvalue weighted by Crippen LogP contribution is 2.52. The van der Waals surface area contributed by atoms with Crippen LogP contribution in [0.3, 0.4) is 0 Å². The first-order chi connectivity index (χ1) is 9.81. The van der Waals surface area contributed by atoms with Crippen molar-refractivity contribution in [1.82, 2.24) is 0 Å². The lowest BCUT2D eigenvalue weighted by Crippen LogP contribution is -2.73. The van der Waals surface area contributed by atoms with Crippen molar-refractivity contribution in [2.75, 3.05) is 0 Å². The van der Waals surface area contributed by atoms with Gasteiger partial charge >= 0.3 is 0 Å². The van der Waals surface area contributed by atoms with Gasteiger partial charge in [-0.15, -0.1) is 0 Å². The van der Waals surface area contributed by atoms with Crippen LogP contribution in [0.5, 0.6) is 0 Å². The molecule has 3 heteroatoms. The molecule has 2 N–H and O–H groups in total. The molecular weight excluding hydrogens is 298 g/mol. The fourth-order valence-corrected chi connectivity index (χ4v) is 28.4. The smallest absolute Gasteiger partial charge is 0.0763 e. The van der Waals surface area contributed by atoms with E-state index in [-0.39, 0.29) is 0 Å². The Balaban J connectivity index is 6.46. The fraction of sp³-hybridized carbons (Fsp3) is 1.00. The maximum atomic E-state index is 7.36. The van der Waals surface area contributed by atoms with Gasteiger partial charge in [0, 0.05) is 0 Å². The van der Waals surface area contributed by atoms with Crippen LogP contribution in [-0.2, 0) is 0 Å². The first kappa shape index (κ1) is 22.4. The summed E-state index contributed by atoms with van der Waals surface area (Å²) in [5.74, 6) is 0. The summed E-state index contributed by atoms with van der Waals surface area (Å²) in [6, 6.07) is 0. The molecule has 0 aromatic heterocycles. The molecule has 0 unspecified atom stereocenters. The number of hydrogen-bond acceptors (Lipinski definition) is 1. The van der Waals surface area contributed by atoms with Crippen LogP contribution in [0.15, 0.2) is 0 Å². The maximum absolute atomic E-state index is 7.36. The molecule has 0 aliphatic heterocycles. The van der Waals surface area contributed by atoms with Gasteiger partial charge in [-0.1, -0.05) is 83.1 Å². The normalized spacial score (nSPS) is 14.7. The van der Waals surface area contributed by atoms with E-state index in [0.717, 1.165) is 33.2 Å². The second-order valence-corrected chi connectivity index (χ2v) is 22.2. The Morgan fingerprint density at radius 2 is 0.545 bits per heavy atom. The Bertz CT molecular complexity index is 257. The van der Waals surface area contributed by atoms with Gasteiger partial charge < -0.3 is 5.73 Å². The number of nitrogens with two attached hydrogens (primary N) is 1. The SMILES string of the molecule is CC(C)[Si](C(C)C)(C(C)C)C(N)[Si](C(C)C)(C(C)C)C(C)C. The minimum Gasteiger partial charge on any atom is -0.333 e. The summed E-state index contributed by atoms with van der Waals surface area (Å²) in [5, 5.41) is 0.486. The summed E-state index contributed by atoms with van der Waals surface area (Å²) in [5.41, 5.74) is 11.9. The molecule has 0 heterocycles. The Kier molecular flexibility index (Phi) is 8.12. The third kappa shape index (κ3) is 3.28. The van der Waals surface area contributed by atoms with Crippen molar-refractivity contribution in [2.24, 2.45) is 5.73 Å². The molecule has 0 aromatic rings. The number of hydrogen-bond donors (Lipinski definition) is 1. The van der Waals surface area contributed by atoms with Gasteiger partial charge in [-0.05, 0) is 38.5 Å². The van der Waals surface area contributed by atoms with E-state index >= 15 is 0 Å². The van der Waals surface area contributed by atoms with E-state index in [1.54, 1.807) is 0 Å². The van der Waals surface area contributed by atoms with Crippen molar-refractivity contribution in [3.05, 3.63) is 0 Å². The largest absolute Gasteiger partial charge is 0.333 e. The van der Waals surface area contributed by atoms with Crippen molar-refractivity contribution in [1.29, 1.82) is 0 Å². The molecule has 0 aromatic carbocycles. The van der Waals surface area contributed by atoms with Crippen LogP contribution in [0.4, 0.5) is 0 Å². The minimum atomic E-state index is -1.62. The van der Waals surface area contributed by atoms with E-state index in [9.17, 15) is 0 Å². The van der Waals surface area contributed by atoms with Gasteiger partial charge in [0.25, 0.3) is 0 Å². The Morgan fingerprint density at radius 3 is 0.636 bits per heavy atom. The topological polar surface area (TPSA) is 26.0 Å². The van der Waals surface area contributed by atoms with Crippen molar-refractivity contribution in [3.63, 3.8) is 0 Å². The molecule has 0 bridgehead atoms. The van der Waals surface area contributed by atoms with Gasteiger partial charge in [-0.2, -0.15) is 0 Å². The molecule has 0 aliphatic carbocycles. The van der Waals surface area contributed by atoms with Crippen LogP contribution in [0.1, 0.15) is 83.1 Å². The molecule has 134 valence electrons. The van der Waals surface area contributed by atoms with Crippen molar-refractivity contribution in [3.8, 4) is 0 Å². The monoisotopic (exact) mass is 343 g/mol. The van der Waals surface area contributed by atoms with Gasteiger partial charge in [0.1, 0.15) is 0 Å². The average Bonchev–Trinajstić information content (AvgIpc) is 2.26. The Hall–Kier alpha value is 0.394. The summed E-state index contributed by atoms with van der Waals surface area (Å²) >= 11 is 0. The molecule has 0 atom stereocenters. The predicted octanol–water partition coefficient (Wildman–Crippen LogP) is 6.75. The molecule has 0 rings (SSSR count). The summed E-state index contributed by atoms with van der Waals surface area (Å²) in [4.78, 5) is 0. The summed E-state index contributed by atoms with van der Waals surface area (Å²) < 4.78 is 0. The van der Waals surface area contributed by atoms with Gasteiger partial charge in [0.15, 0.2) is 0 Å². The lowest BCUT2D eigenvalue weighted by atomic mass is 10.5. The van der Waals surface area contributed by atoms with Crippen molar-refractivity contribution < 1.29 is 0 Å². The molecule has 22 heavy (non-hydrogen) atoms. The van der Waals surface area contributed by atoms with Gasteiger partial charge in [0.05, 0.1) is 16.1 Å². The molecule has 0 amide bonds.